The lowest BCUT2D eigenvalue weighted by molar-refractivity contribution is -0.137. The predicted octanol–water partition coefficient (Wildman–Crippen LogP) is 2.38. The molecule has 2 rings (SSSR count). The van der Waals surface area contributed by atoms with Gasteiger partial charge in [0.25, 0.3) is 0 Å². The summed E-state index contributed by atoms with van der Waals surface area (Å²) in [4.78, 5) is 26.1. The van der Waals surface area contributed by atoms with Gasteiger partial charge in [-0.1, -0.05) is 39.0 Å². The van der Waals surface area contributed by atoms with Crippen LogP contribution in [0.2, 0.25) is 0 Å². The van der Waals surface area contributed by atoms with Crippen LogP contribution in [0, 0.1) is 5.41 Å². The van der Waals surface area contributed by atoms with Crippen LogP contribution < -0.4 is 5.32 Å². The van der Waals surface area contributed by atoms with E-state index in [0.717, 1.165) is 11.3 Å². The Bertz CT molecular complexity index is 731. The van der Waals surface area contributed by atoms with E-state index >= 15 is 0 Å². The maximum Gasteiger partial charge on any atom is 0.244 e. The van der Waals surface area contributed by atoms with Crippen molar-refractivity contribution in [2.75, 3.05) is 7.05 Å². The Labute approximate surface area is 148 Å². The van der Waals surface area contributed by atoms with Crippen LogP contribution in [0.3, 0.4) is 0 Å². The van der Waals surface area contributed by atoms with Crippen LogP contribution in [0.25, 0.3) is 5.69 Å². The van der Waals surface area contributed by atoms with E-state index in [2.05, 4.69) is 10.4 Å². The molecule has 6 heteroatoms. The van der Waals surface area contributed by atoms with Gasteiger partial charge in [-0.3, -0.25) is 9.59 Å². The van der Waals surface area contributed by atoms with E-state index in [-0.39, 0.29) is 11.8 Å². The van der Waals surface area contributed by atoms with Crippen LogP contribution >= 0.6 is 0 Å². The van der Waals surface area contributed by atoms with Gasteiger partial charge in [-0.25, -0.2) is 4.68 Å². The van der Waals surface area contributed by atoms with Crippen LogP contribution in [0.5, 0.6) is 0 Å². The summed E-state index contributed by atoms with van der Waals surface area (Å²) in [6, 6.07) is 9.22. The number of para-hydroxylation sites is 1. The van der Waals surface area contributed by atoms with E-state index in [1.807, 2.05) is 57.3 Å². The highest BCUT2D eigenvalue weighted by Crippen LogP contribution is 2.14. The third kappa shape index (κ3) is 4.92. The maximum absolute atomic E-state index is 12.5. The second-order valence-corrected chi connectivity index (χ2v) is 7.27. The molecule has 1 aromatic carbocycles. The first-order chi connectivity index (χ1) is 11.7. The first-order valence-corrected chi connectivity index (χ1v) is 8.33. The van der Waals surface area contributed by atoms with Gasteiger partial charge in [0.15, 0.2) is 0 Å². The van der Waals surface area contributed by atoms with Crippen LogP contribution in [-0.2, 0) is 16.1 Å². The Kier molecular flexibility index (Phi) is 5.62. The first-order valence-electron chi connectivity index (χ1n) is 8.33. The summed E-state index contributed by atoms with van der Waals surface area (Å²) in [5.41, 5.74) is 1.37. The molecular weight excluding hydrogens is 316 g/mol. The average molecular weight is 342 g/mol. The Balaban J connectivity index is 1.97. The minimum Gasteiger partial charge on any atom is -0.344 e. The Morgan fingerprint density at radius 1 is 1.24 bits per heavy atom. The average Bonchev–Trinajstić information content (AvgIpc) is 3.02. The lowest BCUT2D eigenvalue weighted by Gasteiger charge is -2.25. The van der Waals surface area contributed by atoms with Crippen molar-refractivity contribution in [1.29, 1.82) is 0 Å². The predicted molar refractivity (Wildman–Crippen MR) is 97.1 cm³/mol. The first kappa shape index (κ1) is 18.7. The van der Waals surface area contributed by atoms with Gasteiger partial charge in [0, 0.05) is 30.8 Å². The highest BCUT2D eigenvalue weighted by atomic mass is 16.2. The minimum atomic E-state index is -0.569. The number of benzene rings is 1. The van der Waals surface area contributed by atoms with Crippen molar-refractivity contribution in [2.24, 2.45) is 5.41 Å². The molecule has 2 amide bonds. The molecule has 0 saturated carbocycles. The molecule has 25 heavy (non-hydrogen) atoms. The van der Waals surface area contributed by atoms with Crippen molar-refractivity contribution in [3.05, 3.63) is 48.3 Å². The molecule has 0 fully saturated rings. The van der Waals surface area contributed by atoms with Crippen molar-refractivity contribution in [1.82, 2.24) is 20.0 Å². The van der Waals surface area contributed by atoms with Crippen LogP contribution in [0.15, 0.2) is 42.7 Å². The van der Waals surface area contributed by atoms with Gasteiger partial charge in [0.2, 0.25) is 11.8 Å². The van der Waals surface area contributed by atoms with E-state index in [9.17, 15) is 9.59 Å². The molecule has 1 atom stereocenters. The molecule has 6 nitrogen and oxygen atoms in total. The standard InChI is InChI=1S/C19H26N4O2/c1-14(21-18(25)19(2,3)4)17(24)22(5)12-15-11-20-23(13-15)16-9-7-6-8-10-16/h6-11,13-14H,12H2,1-5H3,(H,21,25). The number of carbonyl (C=O) groups is 2. The number of nitrogens with zero attached hydrogens (tertiary/aromatic N) is 3. The summed E-state index contributed by atoms with van der Waals surface area (Å²) >= 11 is 0. The fourth-order valence-electron chi connectivity index (χ4n) is 2.32. The Hall–Kier alpha value is -2.63. The SMILES string of the molecule is CC(NC(=O)C(C)(C)C)C(=O)N(C)Cc1cnn(-c2ccccc2)c1. The van der Waals surface area contributed by atoms with Crippen molar-refractivity contribution >= 4 is 11.8 Å². The molecule has 0 aliphatic rings. The molecule has 0 saturated heterocycles. The molecule has 2 aromatic rings. The smallest absolute Gasteiger partial charge is 0.244 e. The van der Waals surface area contributed by atoms with Crippen molar-refractivity contribution < 1.29 is 9.59 Å². The molecule has 1 heterocycles. The molecule has 0 aliphatic heterocycles. The molecular formula is C19H26N4O2. The van der Waals surface area contributed by atoms with E-state index in [1.165, 1.54) is 0 Å². The molecule has 0 radical (unpaired) electrons. The quantitative estimate of drug-likeness (QED) is 0.907. The second kappa shape index (κ2) is 7.51. The van der Waals surface area contributed by atoms with Gasteiger partial charge in [-0.05, 0) is 19.1 Å². The Morgan fingerprint density at radius 3 is 2.48 bits per heavy atom. The zero-order valence-corrected chi connectivity index (χ0v) is 15.5. The number of amides is 2. The lowest BCUT2D eigenvalue weighted by Crippen LogP contribution is -2.48. The van der Waals surface area contributed by atoms with Gasteiger partial charge >= 0.3 is 0 Å². The summed E-state index contributed by atoms with van der Waals surface area (Å²) in [5, 5.41) is 7.10. The van der Waals surface area contributed by atoms with Gasteiger partial charge in [0.1, 0.15) is 6.04 Å². The number of hydrogen-bond donors (Lipinski definition) is 1. The maximum atomic E-state index is 12.5. The highest BCUT2D eigenvalue weighted by Gasteiger charge is 2.26. The van der Waals surface area contributed by atoms with Crippen molar-refractivity contribution in [3.8, 4) is 5.69 Å². The molecule has 1 aromatic heterocycles. The number of aromatic nitrogens is 2. The van der Waals surface area contributed by atoms with Gasteiger partial charge in [0.05, 0.1) is 11.9 Å². The lowest BCUT2D eigenvalue weighted by atomic mass is 9.95. The zero-order chi connectivity index (χ0) is 18.6. The number of rotatable bonds is 5. The van der Waals surface area contributed by atoms with Gasteiger partial charge < -0.3 is 10.2 Å². The fourth-order valence-corrected chi connectivity index (χ4v) is 2.32. The summed E-state index contributed by atoms with van der Waals surface area (Å²) in [7, 11) is 1.72. The van der Waals surface area contributed by atoms with E-state index in [4.69, 9.17) is 0 Å². The van der Waals surface area contributed by atoms with Crippen LogP contribution in [-0.4, -0.2) is 39.6 Å². The summed E-state index contributed by atoms with van der Waals surface area (Å²) in [6.45, 7) is 7.60. The third-order valence-electron chi connectivity index (χ3n) is 3.85. The van der Waals surface area contributed by atoms with E-state index in [0.29, 0.717) is 6.54 Å². The molecule has 0 aliphatic carbocycles. The van der Waals surface area contributed by atoms with Gasteiger partial charge in [-0.2, -0.15) is 5.10 Å². The second-order valence-electron chi connectivity index (χ2n) is 7.27. The van der Waals surface area contributed by atoms with Crippen molar-refractivity contribution in [2.45, 2.75) is 40.3 Å². The third-order valence-corrected chi connectivity index (χ3v) is 3.85. The molecule has 0 spiro atoms. The number of likely N-dealkylation sites (N-methyl/N-ethyl adjacent to an activating group) is 1. The topological polar surface area (TPSA) is 67.2 Å². The van der Waals surface area contributed by atoms with Crippen LogP contribution in [0.4, 0.5) is 0 Å². The molecule has 1 unspecified atom stereocenters. The fraction of sp³-hybridized carbons (Fsp3) is 0.421. The zero-order valence-electron chi connectivity index (χ0n) is 15.5. The van der Waals surface area contributed by atoms with E-state index < -0.39 is 11.5 Å². The molecule has 0 bridgehead atoms. The highest BCUT2D eigenvalue weighted by molar-refractivity contribution is 5.89. The summed E-state index contributed by atoms with van der Waals surface area (Å²) in [5.74, 6) is -0.274. The number of carbonyl (C=O) groups excluding carboxylic acids is 2. The normalized spacial score (nSPS) is 12.5. The van der Waals surface area contributed by atoms with Gasteiger partial charge in [-0.15, -0.1) is 0 Å². The largest absolute Gasteiger partial charge is 0.344 e. The molecule has 134 valence electrons. The minimum absolute atomic E-state index is 0.134. The van der Waals surface area contributed by atoms with Crippen LogP contribution in [0.1, 0.15) is 33.3 Å². The number of hydrogen-bond acceptors (Lipinski definition) is 3. The summed E-state index contributed by atoms with van der Waals surface area (Å²) < 4.78 is 1.78. The monoisotopic (exact) mass is 342 g/mol. The molecule has 1 N–H and O–H groups in total. The van der Waals surface area contributed by atoms with E-state index in [1.54, 1.807) is 29.7 Å². The summed E-state index contributed by atoms with van der Waals surface area (Å²) in [6.07, 6.45) is 3.65. The Morgan fingerprint density at radius 2 is 1.88 bits per heavy atom. The van der Waals surface area contributed by atoms with Crippen molar-refractivity contribution in [3.63, 3.8) is 0 Å². The number of nitrogens with one attached hydrogen (secondary N) is 1.